The van der Waals surface area contributed by atoms with Crippen LogP contribution in [0.3, 0.4) is 0 Å². The molecule has 1 aliphatic heterocycles. The predicted molar refractivity (Wildman–Crippen MR) is 83.8 cm³/mol. The highest BCUT2D eigenvalue weighted by Gasteiger charge is 2.63. The van der Waals surface area contributed by atoms with Crippen molar-refractivity contribution in [3.05, 3.63) is 11.6 Å². The van der Waals surface area contributed by atoms with E-state index >= 15 is 0 Å². The molecule has 4 rings (SSSR count). The predicted octanol–water partition coefficient (Wildman–Crippen LogP) is 0.0668. The Bertz CT molecular complexity index is 698. The van der Waals surface area contributed by atoms with Gasteiger partial charge in [-0.15, -0.1) is 0 Å². The van der Waals surface area contributed by atoms with Crippen LogP contribution in [0.25, 0.3) is 0 Å². The molecule has 0 radical (unpaired) electrons. The number of aliphatic hydroxyl groups excluding tert-OH is 1. The molecule has 1 N–H and O–H groups in total. The second-order valence-corrected chi connectivity index (χ2v) is 7.30. The Morgan fingerprint density at radius 2 is 2.00 bits per heavy atom. The van der Waals surface area contributed by atoms with Gasteiger partial charge in [0.05, 0.1) is 31.0 Å². The highest BCUT2D eigenvalue weighted by Crippen LogP contribution is 2.56. The first-order valence-corrected chi connectivity index (χ1v) is 8.88. The fraction of sp³-hybridized carbons (Fsp3) is 0.667. The smallest absolute Gasteiger partial charge is 0.307 e. The normalized spacial score (nSPS) is 38.7. The van der Waals surface area contributed by atoms with Gasteiger partial charge in [0.15, 0.2) is 5.78 Å². The van der Waals surface area contributed by atoms with Crippen LogP contribution in [0.4, 0.5) is 0 Å². The molecule has 0 unspecified atom stereocenters. The average Bonchev–Trinajstić information content (AvgIpc) is 3.35. The fourth-order valence-corrected chi connectivity index (χ4v) is 4.74. The molecule has 25 heavy (non-hydrogen) atoms. The van der Waals surface area contributed by atoms with Gasteiger partial charge in [-0.05, 0) is 31.3 Å². The number of esters is 1. The standard InChI is InChI=1S/C18H21NO6/c1-2-25-12(20)5-6-19-17(23)9-4-3-8-13(14(9)18(19)24)16(22)11-7-10(11)15(8)21/h3,9-11,13-14,16,22H,2,4-7H2,1H3/t9-,10+,11-,13+,14-,16-/m1/s1. The third-order valence-corrected chi connectivity index (χ3v) is 6.02. The highest BCUT2D eigenvalue weighted by molar-refractivity contribution is 6.08. The number of hydrogen-bond donors (Lipinski definition) is 1. The SMILES string of the molecule is CCOC(=O)CCN1C(=O)[C@H]2[C@@H]3C(=CC[C@H]2C1=O)C(=O)[C@H]1C[C@H]1[C@H]3O. The number of aliphatic hydroxyl groups is 1. The summed E-state index contributed by atoms with van der Waals surface area (Å²) in [5, 5.41) is 10.6. The van der Waals surface area contributed by atoms with Crippen LogP contribution in [0.15, 0.2) is 11.6 Å². The maximum atomic E-state index is 12.9. The molecule has 1 heterocycles. The molecule has 7 nitrogen and oxygen atoms in total. The minimum Gasteiger partial charge on any atom is -0.466 e. The van der Waals surface area contributed by atoms with Crippen molar-refractivity contribution in [1.29, 1.82) is 0 Å². The molecule has 0 aromatic carbocycles. The van der Waals surface area contributed by atoms with E-state index in [9.17, 15) is 24.3 Å². The van der Waals surface area contributed by atoms with Crippen LogP contribution >= 0.6 is 0 Å². The third kappa shape index (κ3) is 2.36. The first kappa shape index (κ1) is 16.4. The van der Waals surface area contributed by atoms with Gasteiger partial charge in [0, 0.05) is 18.4 Å². The molecule has 134 valence electrons. The number of likely N-dealkylation sites (tertiary alicyclic amines) is 1. The lowest BCUT2D eigenvalue weighted by Gasteiger charge is -2.37. The van der Waals surface area contributed by atoms with Crippen molar-refractivity contribution in [3.63, 3.8) is 0 Å². The van der Waals surface area contributed by atoms with E-state index in [0.29, 0.717) is 18.4 Å². The zero-order chi connectivity index (χ0) is 17.9. The van der Waals surface area contributed by atoms with Gasteiger partial charge in [-0.2, -0.15) is 0 Å². The number of fused-ring (bicyclic) bond motifs is 4. The van der Waals surface area contributed by atoms with Crippen LogP contribution in [-0.2, 0) is 23.9 Å². The van der Waals surface area contributed by atoms with Crippen molar-refractivity contribution in [3.8, 4) is 0 Å². The summed E-state index contributed by atoms with van der Waals surface area (Å²) in [6.45, 7) is 1.93. The lowest BCUT2D eigenvalue weighted by Crippen LogP contribution is -2.45. The molecular weight excluding hydrogens is 326 g/mol. The molecule has 0 spiro atoms. The quantitative estimate of drug-likeness (QED) is 0.570. The lowest BCUT2D eigenvalue weighted by atomic mass is 9.66. The fourth-order valence-electron chi connectivity index (χ4n) is 4.74. The lowest BCUT2D eigenvalue weighted by molar-refractivity contribution is -0.145. The minimum atomic E-state index is -0.747. The van der Waals surface area contributed by atoms with Gasteiger partial charge in [0.2, 0.25) is 11.8 Å². The van der Waals surface area contributed by atoms with E-state index in [2.05, 4.69) is 0 Å². The molecule has 0 aromatic heterocycles. The number of allylic oxidation sites excluding steroid dienone is 1. The molecule has 2 saturated carbocycles. The number of Topliss-reactive ketones (excluding diaryl/α,β-unsaturated/α-hetero) is 1. The van der Waals surface area contributed by atoms with E-state index in [1.54, 1.807) is 13.0 Å². The Balaban J connectivity index is 1.56. The molecule has 0 bridgehead atoms. The molecule has 2 amide bonds. The topological polar surface area (TPSA) is 101 Å². The number of ether oxygens (including phenoxy) is 1. The van der Waals surface area contributed by atoms with E-state index in [1.807, 2.05) is 0 Å². The summed E-state index contributed by atoms with van der Waals surface area (Å²) in [5.74, 6) is -3.11. The van der Waals surface area contributed by atoms with E-state index < -0.39 is 29.8 Å². The summed E-state index contributed by atoms with van der Waals surface area (Å²) in [4.78, 5) is 50.6. The molecule has 0 aromatic rings. The monoisotopic (exact) mass is 347 g/mol. The maximum absolute atomic E-state index is 12.9. The summed E-state index contributed by atoms with van der Waals surface area (Å²) < 4.78 is 4.84. The number of carbonyl (C=O) groups is 4. The Hall–Kier alpha value is -2.02. The van der Waals surface area contributed by atoms with Crippen molar-refractivity contribution in [2.45, 2.75) is 32.3 Å². The zero-order valence-corrected chi connectivity index (χ0v) is 14.0. The molecule has 3 fully saturated rings. The zero-order valence-electron chi connectivity index (χ0n) is 14.0. The Morgan fingerprint density at radius 3 is 2.72 bits per heavy atom. The maximum Gasteiger partial charge on any atom is 0.307 e. The van der Waals surface area contributed by atoms with Crippen molar-refractivity contribution < 1.29 is 29.0 Å². The van der Waals surface area contributed by atoms with Crippen LogP contribution in [-0.4, -0.2) is 52.8 Å². The van der Waals surface area contributed by atoms with Gasteiger partial charge in [-0.3, -0.25) is 24.1 Å². The number of nitrogens with zero attached hydrogens (tertiary/aromatic N) is 1. The van der Waals surface area contributed by atoms with Crippen molar-refractivity contribution in [1.82, 2.24) is 4.90 Å². The van der Waals surface area contributed by atoms with Crippen LogP contribution < -0.4 is 0 Å². The van der Waals surface area contributed by atoms with E-state index in [-0.39, 0.29) is 49.0 Å². The first-order valence-electron chi connectivity index (χ1n) is 8.88. The number of carbonyl (C=O) groups excluding carboxylic acids is 4. The van der Waals surface area contributed by atoms with Gasteiger partial charge in [-0.1, -0.05) is 6.08 Å². The average molecular weight is 347 g/mol. The Kier molecular flexibility index (Phi) is 3.79. The molecular formula is C18H21NO6. The third-order valence-electron chi connectivity index (χ3n) is 6.02. The van der Waals surface area contributed by atoms with Gasteiger partial charge in [-0.25, -0.2) is 0 Å². The molecule has 7 heteroatoms. The summed E-state index contributed by atoms with van der Waals surface area (Å²) in [7, 11) is 0. The van der Waals surface area contributed by atoms with Crippen LogP contribution in [0.2, 0.25) is 0 Å². The van der Waals surface area contributed by atoms with E-state index in [0.717, 1.165) is 4.90 Å². The first-order chi connectivity index (χ1) is 12.0. The van der Waals surface area contributed by atoms with Crippen LogP contribution in [0.1, 0.15) is 26.2 Å². The van der Waals surface area contributed by atoms with Crippen molar-refractivity contribution in [2.75, 3.05) is 13.2 Å². The van der Waals surface area contributed by atoms with Gasteiger partial charge in [0.1, 0.15) is 0 Å². The Morgan fingerprint density at radius 1 is 1.24 bits per heavy atom. The molecule has 3 aliphatic carbocycles. The number of rotatable bonds is 4. The summed E-state index contributed by atoms with van der Waals surface area (Å²) >= 11 is 0. The van der Waals surface area contributed by atoms with Crippen LogP contribution in [0.5, 0.6) is 0 Å². The number of hydrogen-bond acceptors (Lipinski definition) is 6. The molecule has 6 atom stereocenters. The van der Waals surface area contributed by atoms with Gasteiger partial charge >= 0.3 is 5.97 Å². The number of ketones is 1. The summed E-state index contributed by atoms with van der Waals surface area (Å²) in [6, 6.07) is 0. The van der Waals surface area contributed by atoms with E-state index in [1.165, 1.54) is 0 Å². The van der Waals surface area contributed by atoms with Gasteiger partial charge < -0.3 is 9.84 Å². The number of imide groups is 1. The second-order valence-electron chi connectivity index (χ2n) is 7.30. The highest BCUT2D eigenvalue weighted by atomic mass is 16.5. The van der Waals surface area contributed by atoms with Crippen LogP contribution in [0, 0.1) is 29.6 Å². The van der Waals surface area contributed by atoms with Crippen molar-refractivity contribution >= 4 is 23.6 Å². The summed E-state index contributed by atoms with van der Waals surface area (Å²) in [6.07, 6.45) is 1.96. The number of amides is 2. The van der Waals surface area contributed by atoms with Gasteiger partial charge in [0.25, 0.3) is 0 Å². The Labute approximate surface area is 145 Å². The largest absolute Gasteiger partial charge is 0.466 e. The second kappa shape index (κ2) is 5.76. The minimum absolute atomic E-state index is 0.0123. The van der Waals surface area contributed by atoms with Crippen molar-refractivity contribution in [2.24, 2.45) is 29.6 Å². The van der Waals surface area contributed by atoms with E-state index in [4.69, 9.17) is 4.74 Å². The molecule has 4 aliphatic rings. The molecule has 1 saturated heterocycles. The summed E-state index contributed by atoms with van der Waals surface area (Å²) in [5.41, 5.74) is 0.529.